The Kier molecular flexibility index (Phi) is 3.52. The Labute approximate surface area is 130 Å². The molecule has 0 aliphatic heterocycles. The summed E-state index contributed by atoms with van der Waals surface area (Å²) in [5.74, 6) is 1.13. The summed E-state index contributed by atoms with van der Waals surface area (Å²) >= 11 is 9.67. The lowest BCUT2D eigenvalue weighted by atomic mass is 10.1. The molecule has 0 aliphatic rings. The van der Waals surface area contributed by atoms with Crippen molar-refractivity contribution in [2.24, 2.45) is 0 Å². The molecule has 0 N–H and O–H groups in total. The fourth-order valence-electron chi connectivity index (χ4n) is 2.23. The molecular weight excluding hydrogens is 338 g/mol. The van der Waals surface area contributed by atoms with Crippen LogP contribution in [0.25, 0.3) is 16.5 Å². The molecule has 3 nitrogen and oxygen atoms in total. The van der Waals surface area contributed by atoms with Crippen LogP contribution in [-0.2, 0) is 0 Å². The number of aromatic nitrogens is 3. The summed E-state index contributed by atoms with van der Waals surface area (Å²) < 4.78 is 2.97. The van der Waals surface area contributed by atoms with Crippen molar-refractivity contribution < 1.29 is 0 Å². The minimum atomic E-state index is 0.260. The molecular formula is C15H13BrClN3. The molecule has 3 aromatic rings. The third-order valence-electron chi connectivity index (χ3n) is 3.21. The van der Waals surface area contributed by atoms with E-state index in [1.54, 1.807) is 0 Å². The molecule has 5 heteroatoms. The Hall–Kier alpha value is -1.39. The van der Waals surface area contributed by atoms with Crippen molar-refractivity contribution in [1.29, 1.82) is 0 Å². The van der Waals surface area contributed by atoms with Crippen molar-refractivity contribution in [2.45, 2.75) is 19.8 Å². The molecule has 3 rings (SSSR count). The fraction of sp³-hybridized carbons (Fsp3) is 0.200. The molecule has 0 bridgehead atoms. The monoisotopic (exact) mass is 349 g/mol. The Balaban J connectivity index is 2.20. The zero-order valence-electron chi connectivity index (χ0n) is 11.1. The molecule has 0 amide bonds. The maximum absolute atomic E-state index is 6.18. The molecule has 20 heavy (non-hydrogen) atoms. The van der Waals surface area contributed by atoms with Gasteiger partial charge >= 0.3 is 0 Å². The van der Waals surface area contributed by atoms with E-state index in [0.717, 1.165) is 21.4 Å². The lowest BCUT2D eigenvalue weighted by molar-refractivity contribution is 0.746. The van der Waals surface area contributed by atoms with Gasteiger partial charge in [0.2, 0.25) is 5.28 Å². The predicted octanol–water partition coefficient (Wildman–Crippen LogP) is 4.96. The summed E-state index contributed by atoms with van der Waals surface area (Å²) in [7, 11) is 0. The normalized spacial score (nSPS) is 11.4. The lowest BCUT2D eigenvalue weighted by Gasteiger charge is -2.11. The van der Waals surface area contributed by atoms with Crippen molar-refractivity contribution in [3.63, 3.8) is 0 Å². The van der Waals surface area contributed by atoms with Crippen LogP contribution in [0.2, 0.25) is 5.28 Å². The van der Waals surface area contributed by atoms with Crippen LogP contribution < -0.4 is 0 Å². The Morgan fingerprint density at radius 2 is 1.75 bits per heavy atom. The van der Waals surface area contributed by atoms with E-state index in [1.807, 2.05) is 16.7 Å². The number of benzene rings is 2. The highest BCUT2D eigenvalue weighted by molar-refractivity contribution is 9.10. The molecule has 0 atom stereocenters. The molecule has 0 saturated carbocycles. The van der Waals surface area contributed by atoms with Gasteiger partial charge in [-0.3, -0.25) is 4.57 Å². The zero-order chi connectivity index (χ0) is 14.3. The average molecular weight is 351 g/mol. The molecule has 0 fully saturated rings. The van der Waals surface area contributed by atoms with Gasteiger partial charge in [0.1, 0.15) is 5.82 Å². The van der Waals surface area contributed by atoms with Crippen LogP contribution in [0.5, 0.6) is 0 Å². The third kappa shape index (κ3) is 2.34. The van der Waals surface area contributed by atoms with Crippen molar-refractivity contribution in [3.05, 3.63) is 52.0 Å². The second-order valence-corrected chi connectivity index (χ2v) is 6.25. The molecule has 1 aromatic heterocycles. The molecule has 1 heterocycles. The van der Waals surface area contributed by atoms with Gasteiger partial charge in [-0.25, -0.2) is 0 Å². The standard InChI is InChI=1S/C15H13BrClN3/c1-9(2)14-18-19-15(17)20(14)13-6-4-10-7-12(16)5-3-11(10)8-13/h3-9H,1-2H3. The summed E-state index contributed by atoms with van der Waals surface area (Å²) in [5.41, 5.74) is 0.985. The second-order valence-electron chi connectivity index (χ2n) is 4.99. The second kappa shape index (κ2) is 5.19. The quantitative estimate of drug-likeness (QED) is 0.654. The molecule has 0 saturated heterocycles. The summed E-state index contributed by atoms with van der Waals surface area (Å²) in [5, 5.41) is 10.9. The van der Waals surface area contributed by atoms with Crippen LogP contribution in [0, 0.1) is 0 Å². The Morgan fingerprint density at radius 1 is 1.05 bits per heavy atom. The third-order valence-corrected chi connectivity index (χ3v) is 3.95. The zero-order valence-corrected chi connectivity index (χ0v) is 13.5. The predicted molar refractivity (Wildman–Crippen MR) is 85.7 cm³/mol. The van der Waals surface area contributed by atoms with E-state index in [9.17, 15) is 0 Å². The van der Waals surface area contributed by atoms with E-state index in [-0.39, 0.29) is 5.92 Å². The van der Waals surface area contributed by atoms with Crippen LogP contribution in [-0.4, -0.2) is 14.8 Å². The molecule has 102 valence electrons. The Bertz CT molecular complexity index is 780. The van der Waals surface area contributed by atoms with Crippen LogP contribution in [0.4, 0.5) is 0 Å². The fourth-order valence-corrected chi connectivity index (χ4v) is 2.83. The first-order valence-corrected chi connectivity index (χ1v) is 7.54. The van der Waals surface area contributed by atoms with E-state index in [4.69, 9.17) is 11.6 Å². The van der Waals surface area contributed by atoms with Gasteiger partial charge in [-0.15, -0.1) is 10.2 Å². The first-order chi connectivity index (χ1) is 9.56. The Morgan fingerprint density at radius 3 is 2.50 bits per heavy atom. The van der Waals surface area contributed by atoms with Crippen molar-refractivity contribution in [1.82, 2.24) is 14.8 Å². The molecule has 0 unspecified atom stereocenters. The molecule has 2 aromatic carbocycles. The van der Waals surface area contributed by atoms with Gasteiger partial charge in [0.15, 0.2) is 0 Å². The van der Waals surface area contributed by atoms with Gasteiger partial charge in [0.05, 0.1) is 5.69 Å². The highest BCUT2D eigenvalue weighted by Gasteiger charge is 2.15. The molecule has 0 radical (unpaired) electrons. The van der Waals surface area contributed by atoms with Gasteiger partial charge in [0.25, 0.3) is 0 Å². The topological polar surface area (TPSA) is 30.7 Å². The molecule has 0 spiro atoms. The minimum Gasteiger partial charge on any atom is -0.270 e. The lowest BCUT2D eigenvalue weighted by Crippen LogP contribution is -2.03. The number of halogens is 2. The van der Waals surface area contributed by atoms with Crippen LogP contribution in [0.3, 0.4) is 0 Å². The summed E-state index contributed by atoms with van der Waals surface area (Å²) in [4.78, 5) is 0. The van der Waals surface area contributed by atoms with Gasteiger partial charge in [-0.05, 0) is 46.6 Å². The van der Waals surface area contributed by atoms with E-state index in [0.29, 0.717) is 5.28 Å². The SMILES string of the molecule is CC(C)c1nnc(Cl)n1-c1ccc2cc(Br)ccc2c1. The summed E-state index contributed by atoms with van der Waals surface area (Å²) in [6, 6.07) is 12.4. The van der Waals surface area contributed by atoms with Gasteiger partial charge in [0, 0.05) is 10.4 Å². The van der Waals surface area contributed by atoms with Crippen molar-refractivity contribution in [2.75, 3.05) is 0 Å². The summed E-state index contributed by atoms with van der Waals surface area (Å²) in [6.45, 7) is 4.16. The maximum atomic E-state index is 6.18. The van der Waals surface area contributed by atoms with E-state index < -0.39 is 0 Å². The number of rotatable bonds is 2. The molecule has 0 aliphatic carbocycles. The van der Waals surface area contributed by atoms with Crippen LogP contribution in [0.15, 0.2) is 40.9 Å². The van der Waals surface area contributed by atoms with Crippen LogP contribution in [0.1, 0.15) is 25.6 Å². The number of hydrogen-bond donors (Lipinski definition) is 0. The van der Waals surface area contributed by atoms with Gasteiger partial charge < -0.3 is 0 Å². The first kappa shape index (κ1) is 13.6. The van der Waals surface area contributed by atoms with E-state index in [2.05, 4.69) is 64.2 Å². The van der Waals surface area contributed by atoms with Crippen LogP contribution >= 0.6 is 27.5 Å². The average Bonchev–Trinajstić information content (AvgIpc) is 2.80. The minimum absolute atomic E-state index is 0.260. The summed E-state index contributed by atoms with van der Waals surface area (Å²) in [6.07, 6.45) is 0. The highest BCUT2D eigenvalue weighted by atomic mass is 79.9. The van der Waals surface area contributed by atoms with E-state index in [1.165, 1.54) is 5.39 Å². The van der Waals surface area contributed by atoms with Gasteiger partial charge in [-0.1, -0.05) is 41.9 Å². The number of nitrogens with zero attached hydrogens (tertiary/aromatic N) is 3. The maximum Gasteiger partial charge on any atom is 0.229 e. The van der Waals surface area contributed by atoms with Crippen molar-refractivity contribution in [3.8, 4) is 5.69 Å². The van der Waals surface area contributed by atoms with Crippen molar-refractivity contribution >= 4 is 38.3 Å². The number of fused-ring (bicyclic) bond motifs is 1. The smallest absolute Gasteiger partial charge is 0.229 e. The highest BCUT2D eigenvalue weighted by Crippen LogP contribution is 2.26. The largest absolute Gasteiger partial charge is 0.270 e. The first-order valence-electron chi connectivity index (χ1n) is 6.37. The van der Waals surface area contributed by atoms with Gasteiger partial charge in [-0.2, -0.15) is 0 Å². The number of hydrogen-bond acceptors (Lipinski definition) is 2. The van der Waals surface area contributed by atoms with E-state index >= 15 is 0 Å².